The number of nitriles is 1. The summed E-state index contributed by atoms with van der Waals surface area (Å²) >= 11 is 0. The van der Waals surface area contributed by atoms with Gasteiger partial charge in [-0.15, -0.1) is 0 Å². The van der Waals surface area contributed by atoms with E-state index in [0.29, 0.717) is 35.1 Å². The number of nitrogens with two attached hydrogens (primary N) is 1. The average Bonchev–Trinajstić information content (AvgIpc) is 3.05. The maximum Gasteiger partial charge on any atom is 0.258 e. The molecule has 0 aliphatic heterocycles. The average molecular weight is 277 g/mol. The fourth-order valence-corrected chi connectivity index (χ4v) is 1.94. The summed E-state index contributed by atoms with van der Waals surface area (Å²) in [5, 5.41) is 13.0. The third kappa shape index (κ3) is 2.63. The standard InChI is InChI=1S/C15H11N5O/c16-8-10-5-11(9-17)7-12(6-10)15-19-14(20-21-15)13-3-1-2-4-18-13/h1-7H,8,16H2. The number of hydrogen-bond acceptors (Lipinski definition) is 6. The second-order valence-corrected chi connectivity index (χ2v) is 4.37. The fourth-order valence-electron chi connectivity index (χ4n) is 1.94. The topological polar surface area (TPSA) is 102 Å². The van der Waals surface area contributed by atoms with Crippen molar-refractivity contribution in [3.63, 3.8) is 0 Å². The zero-order valence-electron chi connectivity index (χ0n) is 11.0. The van der Waals surface area contributed by atoms with Crippen LogP contribution < -0.4 is 5.73 Å². The molecular formula is C15H11N5O. The number of aromatic nitrogens is 3. The van der Waals surface area contributed by atoms with Crippen molar-refractivity contribution in [2.75, 3.05) is 0 Å². The predicted molar refractivity (Wildman–Crippen MR) is 75.6 cm³/mol. The minimum absolute atomic E-state index is 0.336. The van der Waals surface area contributed by atoms with Gasteiger partial charge in [-0.3, -0.25) is 4.98 Å². The van der Waals surface area contributed by atoms with Gasteiger partial charge in [-0.05, 0) is 35.9 Å². The molecule has 2 aromatic heterocycles. The molecule has 0 unspecified atom stereocenters. The SMILES string of the molecule is N#Cc1cc(CN)cc(-c2nc(-c3ccccn3)no2)c1. The van der Waals surface area contributed by atoms with Gasteiger partial charge in [0.25, 0.3) is 5.89 Å². The minimum atomic E-state index is 0.336. The molecule has 3 aromatic rings. The lowest BCUT2D eigenvalue weighted by Gasteiger charge is -2.00. The van der Waals surface area contributed by atoms with Crippen LogP contribution in [0, 0.1) is 11.3 Å². The van der Waals surface area contributed by atoms with Crippen molar-refractivity contribution >= 4 is 0 Å². The van der Waals surface area contributed by atoms with E-state index in [9.17, 15) is 0 Å². The van der Waals surface area contributed by atoms with Crippen LogP contribution in [0.3, 0.4) is 0 Å². The summed E-state index contributed by atoms with van der Waals surface area (Å²) in [6.07, 6.45) is 1.66. The first-order valence-corrected chi connectivity index (χ1v) is 6.30. The largest absolute Gasteiger partial charge is 0.334 e. The lowest BCUT2D eigenvalue weighted by molar-refractivity contribution is 0.432. The molecule has 3 rings (SSSR count). The van der Waals surface area contributed by atoms with Crippen LogP contribution in [0.15, 0.2) is 47.1 Å². The van der Waals surface area contributed by atoms with Gasteiger partial charge in [0, 0.05) is 18.3 Å². The van der Waals surface area contributed by atoms with E-state index < -0.39 is 0 Å². The zero-order valence-corrected chi connectivity index (χ0v) is 11.0. The van der Waals surface area contributed by atoms with E-state index in [1.807, 2.05) is 18.2 Å². The quantitative estimate of drug-likeness (QED) is 0.786. The van der Waals surface area contributed by atoms with Crippen molar-refractivity contribution in [2.24, 2.45) is 5.73 Å². The minimum Gasteiger partial charge on any atom is -0.334 e. The molecule has 0 bridgehead atoms. The predicted octanol–water partition coefficient (Wildman–Crippen LogP) is 2.13. The van der Waals surface area contributed by atoms with Gasteiger partial charge >= 0.3 is 0 Å². The van der Waals surface area contributed by atoms with E-state index in [4.69, 9.17) is 15.5 Å². The summed E-state index contributed by atoms with van der Waals surface area (Å²) in [5.41, 5.74) is 8.27. The van der Waals surface area contributed by atoms with Crippen molar-refractivity contribution in [3.05, 3.63) is 53.7 Å². The van der Waals surface area contributed by atoms with Crippen molar-refractivity contribution < 1.29 is 4.52 Å². The summed E-state index contributed by atoms with van der Waals surface area (Å²) in [4.78, 5) is 8.48. The van der Waals surface area contributed by atoms with Crippen molar-refractivity contribution in [1.29, 1.82) is 5.26 Å². The van der Waals surface area contributed by atoms with Crippen LogP contribution in [0.4, 0.5) is 0 Å². The summed E-state index contributed by atoms with van der Waals surface area (Å²) in [7, 11) is 0. The maximum absolute atomic E-state index is 9.04. The van der Waals surface area contributed by atoms with Crippen LogP contribution in [0.1, 0.15) is 11.1 Å². The van der Waals surface area contributed by atoms with Crippen molar-refractivity contribution in [1.82, 2.24) is 15.1 Å². The molecular weight excluding hydrogens is 266 g/mol. The van der Waals surface area contributed by atoms with Gasteiger partial charge in [0.1, 0.15) is 5.69 Å². The Labute approximate surface area is 120 Å². The van der Waals surface area contributed by atoms with Gasteiger partial charge in [0.05, 0.1) is 11.6 Å². The van der Waals surface area contributed by atoms with Gasteiger partial charge in [0.15, 0.2) is 0 Å². The second-order valence-electron chi connectivity index (χ2n) is 4.37. The Morgan fingerprint density at radius 1 is 1.24 bits per heavy atom. The molecule has 0 saturated carbocycles. The Morgan fingerprint density at radius 3 is 2.86 bits per heavy atom. The fraction of sp³-hybridized carbons (Fsp3) is 0.0667. The van der Waals surface area contributed by atoms with Gasteiger partial charge in [0.2, 0.25) is 5.82 Å². The molecule has 102 valence electrons. The Hall–Kier alpha value is -3.04. The first-order valence-electron chi connectivity index (χ1n) is 6.30. The van der Waals surface area contributed by atoms with E-state index in [-0.39, 0.29) is 0 Å². The highest BCUT2D eigenvalue weighted by Crippen LogP contribution is 2.23. The highest BCUT2D eigenvalue weighted by atomic mass is 16.5. The number of benzene rings is 1. The number of rotatable bonds is 3. The molecule has 6 nitrogen and oxygen atoms in total. The van der Waals surface area contributed by atoms with Crippen LogP contribution >= 0.6 is 0 Å². The number of hydrogen-bond donors (Lipinski definition) is 1. The van der Waals surface area contributed by atoms with Gasteiger partial charge in [-0.25, -0.2) is 0 Å². The molecule has 2 N–H and O–H groups in total. The first kappa shape index (κ1) is 13.0. The Kier molecular flexibility index (Phi) is 3.41. The highest BCUT2D eigenvalue weighted by molar-refractivity contribution is 5.60. The van der Waals surface area contributed by atoms with Crippen LogP contribution in [0.25, 0.3) is 23.0 Å². The third-order valence-electron chi connectivity index (χ3n) is 2.92. The maximum atomic E-state index is 9.04. The monoisotopic (exact) mass is 277 g/mol. The van der Waals surface area contributed by atoms with Crippen LogP contribution in [-0.4, -0.2) is 15.1 Å². The van der Waals surface area contributed by atoms with E-state index in [2.05, 4.69) is 21.2 Å². The molecule has 0 saturated heterocycles. The molecule has 2 heterocycles. The number of pyridine rings is 1. The molecule has 0 aliphatic rings. The molecule has 6 heteroatoms. The molecule has 21 heavy (non-hydrogen) atoms. The van der Waals surface area contributed by atoms with Crippen molar-refractivity contribution in [3.8, 4) is 29.0 Å². The summed E-state index contributed by atoms with van der Waals surface area (Å²) in [6, 6.07) is 12.8. The molecule has 1 aromatic carbocycles. The Bertz CT molecular complexity index is 804. The Balaban J connectivity index is 2.02. The van der Waals surface area contributed by atoms with E-state index in [1.54, 1.807) is 24.4 Å². The van der Waals surface area contributed by atoms with Crippen LogP contribution in [0.5, 0.6) is 0 Å². The first-order chi connectivity index (χ1) is 10.3. The van der Waals surface area contributed by atoms with E-state index >= 15 is 0 Å². The summed E-state index contributed by atoms with van der Waals surface area (Å²) < 4.78 is 5.25. The number of nitrogens with zero attached hydrogens (tertiary/aromatic N) is 4. The normalized spacial score (nSPS) is 10.3. The smallest absolute Gasteiger partial charge is 0.258 e. The van der Waals surface area contributed by atoms with E-state index in [1.165, 1.54) is 0 Å². The van der Waals surface area contributed by atoms with Crippen LogP contribution in [0.2, 0.25) is 0 Å². The highest BCUT2D eigenvalue weighted by Gasteiger charge is 2.12. The van der Waals surface area contributed by atoms with Gasteiger partial charge in [-0.1, -0.05) is 11.2 Å². The van der Waals surface area contributed by atoms with Crippen LogP contribution in [-0.2, 0) is 6.54 Å². The van der Waals surface area contributed by atoms with Gasteiger partial charge < -0.3 is 10.3 Å². The Morgan fingerprint density at radius 2 is 2.14 bits per heavy atom. The molecule has 0 atom stereocenters. The molecule has 0 aliphatic carbocycles. The lowest BCUT2D eigenvalue weighted by Crippen LogP contribution is -1.97. The summed E-state index contributed by atoms with van der Waals surface area (Å²) in [6.45, 7) is 0.337. The lowest BCUT2D eigenvalue weighted by atomic mass is 10.1. The second kappa shape index (κ2) is 5.53. The molecule has 0 amide bonds. The molecule has 0 spiro atoms. The molecule has 0 fully saturated rings. The summed E-state index contributed by atoms with van der Waals surface area (Å²) in [5.74, 6) is 0.740. The molecule has 0 radical (unpaired) electrons. The third-order valence-corrected chi connectivity index (χ3v) is 2.92. The van der Waals surface area contributed by atoms with Gasteiger partial charge in [-0.2, -0.15) is 10.2 Å². The van der Waals surface area contributed by atoms with Crippen molar-refractivity contribution in [2.45, 2.75) is 6.54 Å². The zero-order chi connectivity index (χ0) is 14.7. The van der Waals surface area contributed by atoms with E-state index in [0.717, 1.165) is 5.56 Å².